The van der Waals surface area contributed by atoms with Gasteiger partial charge in [-0.2, -0.15) is 0 Å². The summed E-state index contributed by atoms with van der Waals surface area (Å²) in [4.78, 5) is 7.40. The highest BCUT2D eigenvalue weighted by molar-refractivity contribution is 7.12. The molecule has 0 saturated carbocycles. The molecule has 0 aromatic carbocycles. The molecule has 0 fully saturated rings. The number of nitrogens with zero attached hydrogens (tertiary/aromatic N) is 1. The molecule has 0 aliphatic rings. The van der Waals surface area contributed by atoms with E-state index in [1.807, 2.05) is 11.3 Å². The standard InChI is InChI=1S/C13H18N2S2/c1-5-14-11(12-8(2)6-7-16-12)13-15-9(3)10(4)17-13/h6-7,11,14H,5H2,1-4H3. The van der Waals surface area contributed by atoms with Crippen LogP contribution in [0.15, 0.2) is 11.4 Å². The average Bonchev–Trinajstić information content (AvgIpc) is 2.83. The van der Waals surface area contributed by atoms with Crippen LogP contribution in [-0.2, 0) is 0 Å². The van der Waals surface area contributed by atoms with Crippen LogP contribution in [0.25, 0.3) is 0 Å². The monoisotopic (exact) mass is 266 g/mol. The number of rotatable bonds is 4. The molecular formula is C13H18N2S2. The number of aromatic nitrogens is 1. The molecule has 0 radical (unpaired) electrons. The zero-order chi connectivity index (χ0) is 12.4. The van der Waals surface area contributed by atoms with Gasteiger partial charge in [-0.05, 0) is 44.3 Å². The normalized spacial score (nSPS) is 12.9. The third-order valence-electron chi connectivity index (χ3n) is 2.86. The first-order chi connectivity index (χ1) is 8.13. The van der Waals surface area contributed by atoms with Crippen molar-refractivity contribution in [1.29, 1.82) is 0 Å². The predicted molar refractivity (Wildman–Crippen MR) is 76.2 cm³/mol. The Morgan fingerprint density at radius 3 is 2.59 bits per heavy atom. The highest BCUT2D eigenvalue weighted by Crippen LogP contribution is 2.32. The van der Waals surface area contributed by atoms with E-state index in [1.54, 1.807) is 11.3 Å². The molecule has 1 N–H and O–H groups in total. The van der Waals surface area contributed by atoms with Crippen LogP contribution < -0.4 is 5.32 Å². The number of hydrogen-bond donors (Lipinski definition) is 1. The second-order valence-electron chi connectivity index (χ2n) is 4.15. The van der Waals surface area contributed by atoms with Crippen molar-refractivity contribution in [2.75, 3.05) is 6.54 Å². The molecule has 17 heavy (non-hydrogen) atoms. The summed E-state index contributed by atoms with van der Waals surface area (Å²) in [5.74, 6) is 0. The molecule has 2 nitrogen and oxygen atoms in total. The molecular weight excluding hydrogens is 248 g/mol. The van der Waals surface area contributed by atoms with Crippen LogP contribution in [0.5, 0.6) is 0 Å². The molecule has 2 heterocycles. The minimum atomic E-state index is 0.261. The van der Waals surface area contributed by atoms with Crippen LogP contribution in [0, 0.1) is 20.8 Å². The minimum Gasteiger partial charge on any atom is -0.304 e. The van der Waals surface area contributed by atoms with Crippen LogP contribution >= 0.6 is 22.7 Å². The molecule has 2 aromatic heterocycles. The first-order valence-corrected chi connectivity index (χ1v) is 7.54. The Bertz CT molecular complexity index is 480. The number of aryl methyl sites for hydroxylation is 3. The van der Waals surface area contributed by atoms with Crippen LogP contribution in [0.4, 0.5) is 0 Å². The van der Waals surface area contributed by atoms with Gasteiger partial charge in [0.25, 0.3) is 0 Å². The lowest BCUT2D eigenvalue weighted by Gasteiger charge is -2.14. The van der Waals surface area contributed by atoms with Crippen LogP contribution in [0.2, 0.25) is 0 Å². The number of nitrogens with one attached hydrogen (secondary N) is 1. The van der Waals surface area contributed by atoms with Gasteiger partial charge in [0.2, 0.25) is 0 Å². The zero-order valence-electron chi connectivity index (χ0n) is 10.7. The summed E-state index contributed by atoms with van der Waals surface area (Å²) >= 11 is 3.61. The summed E-state index contributed by atoms with van der Waals surface area (Å²) in [7, 11) is 0. The highest BCUT2D eigenvalue weighted by Gasteiger charge is 2.20. The van der Waals surface area contributed by atoms with Crippen molar-refractivity contribution < 1.29 is 0 Å². The molecule has 0 bridgehead atoms. The SMILES string of the molecule is CCNC(c1nc(C)c(C)s1)c1sccc1C. The fourth-order valence-electron chi connectivity index (χ4n) is 1.80. The van der Waals surface area contributed by atoms with Gasteiger partial charge in [0.15, 0.2) is 0 Å². The zero-order valence-corrected chi connectivity index (χ0v) is 12.3. The topological polar surface area (TPSA) is 24.9 Å². The molecule has 4 heteroatoms. The van der Waals surface area contributed by atoms with E-state index >= 15 is 0 Å². The molecule has 0 spiro atoms. The van der Waals surface area contributed by atoms with Gasteiger partial charge in [-0.3, -0.25) is 0 Å². The Labute approximate surface area is 111 Å². The Balaban J connectivity index is 2.39. The summed E-state index contributed by atoms with van der Waals surface area (Å²) in [6.45, 7) is 9.49. The molecule has 0 saturated heterocycles. The quantitative estimate of drug-likeness (QED) is 0.909. The van der Waals surface area contributed by atoms with Crippen molar-refractivity contribution in [2.24, 2.45) is 0 Å². The van der Waals surface area contributed by atoms with Crippen LogP contribution in [0.3, 0.4) is 0 Å². The van der Waals surface area contributed by atoms with Gasteiger partial charge in [0.1, 0.15) is 5.01 Å². The molecule has 2 aromatic rings. The van der Waals surface area contributed by atoms with Gasteiger partial charge in [-0.25, -0.2) is 4.98 Å². The lowest BCUT2D eigenvalue weighted by Crippen LogP contribution is -2.21. The van der Waals surface area contributed by atoms with Crippen molar-refractivity contribution in [3.63, 3.8) is 0 Å². The Morgan fingerprint density at radius 2 is 2.12 bits per heavy atom. The second-order valence-corrected chi connectivity index (χ2v) is 6.33. The van der Waals surface area contributed by atoms with E-state index in [0.717, 1.165) is 12.2 Å². The van der Waals surface area contributed by atoms with Gasteiger partial charge in [0.05, 0.1) is 11.7 Å². The molecule has 0 aliphatic heterocycles. The number of thiophene rings is 1. The first kappa shape index (κ1) is 12.7. The summed E-state index contributed by atoms with van der Waals surface area (Å²) in [6, 6.07) is 2.44. The fourth-order valence-corrected chi connectivity index (χ4v) is 3.88. The van der Waals surface area contributed by atoms with Gasteiger partial charge in [-0.15, -0.1) is 22.7 Å². The fraction of sp³-hybridized carbons (Fsp3) is 0.462. The van der Waals surface area contributed by atoms with E-state index in [-0.39, 0.29) is 6.04 Å². The second kappa shape index (κ2) is 5.29. The maximum Gasteiger partial charge on any atom is 0.115 e. The smallest absolute Gasteiger partial charge is 0.115 e. The van der Waals surface area contributed by atoms with Crippen LogP contribution in [-0.4, -0.2) is 11.5 Å². The maximum absolute atomic E-state index is 4.69. The van der Waals surface area contributed by atoms with Gasteiger partial charge < -0.3 is 5.32 Å². The van der Waals surface area contributed by atoms with Gasteiger partial charge >= 0.3 is 0 Å². The minimum absolute atomic E-state index is 0.261. The Morgan fingerprint density at radius 1 is 1.35 bits per heavy atom. The summed E-state index contributed by atoms with van der Waals surface area (Å²) in [6.07, 6.45) is 0. The third kappa shape index (κ3) is 2.59. The third-order valence-corrected chi connectivity index (χ3v) is 5.09. The van der Waals surface area contributed by atoms with E-state index < -0.39 is 0 Å². The first-order valence-electron chi connectivity index (χ1n) is 5.84. The number of hydrogen-bond acceptors (Lipinski definition) is 4. The van der Waals surface area contributed by atoms with E-state index in [2.05, 4.69) is 49.4 Å². The van der Waals surface area contributed by atoms with Crippen molar-refractivity contribution in [2.45, 2.75) is 33.7 Å². The molecule has 2 rings (SSSR count). The lowest BCUT2D eigenvalue weighted by atomic mass is 10.2. The van der Waals surface area contributed by atoms with Gasteiger partial charge in [-0.1, -0.05) is 6.92 Å². The maximum atomic E-state index is 4.69. The van der Waals surface area contributed by atoms with E-state index in [4.69, 9.17) is 0 Å². The van der Waals surface area contributed by atoms with Gasteiger partial charge in [0, 0.05) is 9.75 Å². The van der Waals surface area contributed by atoms with E-state index in [1.165, 1.54) is 20.3 Å². The van der Waals surface area contributed by atoms with E-state index in [9.17, 15) is 0 Å². The van der Waals surface area contributed by atoms with Crippen molar-refractivity contribution >= 4 is 22.7 Å². The van der Waals surface area contributed by atoms with Crippen LogP contribution in [0.1, 0.15) is 39.0 Å². The molecule has 1 atom stereocenters. The lowest BCUT2D eigenvalue weighted by molar-refractivity contribution is 0.632. The largest absolute Gasteiger partial charge is 0.304 e. The summed E-state index contributed by atoms with van der Waals surface area (Å²) in [5, 5.41) is 6.88. The summed E-state index contributed by atoms with van der Waals surface area (Å²) < 4.78 is 0. The molecule has 0 amide bonds. The van der Waals surface area contributed by atoms with Crippen molar-refractivity contribution in [1.82, 2.24) is 10.3 Å². The molecule has 0 aliphatic carbocycles. The molecule has 1 unspecified atom stereocenters. The average molecular weight is 266 g/mol. The summed E-state index contributed by atoms with van der Waals surface area (Å²) in [5.41, 5.74) is 2.51. The Hall–Kier alpha value is -0.710. The molecule has 92 valence electrons. The number of thiazole rings is 1. The van der Waals surface area contributed by atoms with E-state index in [0.29, 0.717) is 0 Å². The van der Waals surface area contributed by atoms with Crippen molar-refractivity contribution in [3.8, 4) is 0 Å². The predicted octanol–water partition coefficient (Wildman–Crippen LogP) is 3.83. The van der Waals surface area contributed by atoms with Crippen molar-refractivity contribution in [3.05, 3.63) is 37.5 Å². The highest BCUT2D eigenvalue weighted by atomic mass is 32.1. The Kier molecular flexibility index (Phi) is 3.97.